The molecule has 0 aliphatic rings. The highest BCUT2D eigenvalue weighted by molar-refractivity contribution is 9.10. The van der Waals surface area contributed by atoms with Crippen LogP contribution in [0.2, 0.25) is 0 Å². The van der Waals surface area contributed by atoms with Crippen molar-refractivity contribution in [2.24, 2.45) is 11.8 Å². The van der Waals surface area contributed by atoms with E-state index in [1.165, 1.54) is 0 Å². The zero-order valence-electron chi connectivity index (χ0n) is 12.9. The first-order valence-corrected chi connectivity index (χ1v) is 8.11. The Balaban J connectivity index is 2.76. The van der Waals surface area contributed by atoms with Gasteiger partial charge >= 0.3 is 0 Å². The first kappa shape index (κ1) is 17.2. The van der Waals surface area contributed by atoms with Crippen LogP contribution in [-0.2, 0) is 0 Å². The van der Waals surface area contributed by atoms with Crippen molar-refractivity contribution in [1.29, 1.82) is 0 Å². The molecule has 1 heterocycles. The first-order chi connectivity index (χ1) is 9.40. The fourth-order valence-corrected chi connectivity index (χ4v) is 2.18. The highest BCUT2D eigenvalue weighted by Gasteiger charge is 2.17. The fourth-order valence-electron chi connectivity index (χ4n) is 1.83. The summed E-state index contributed by atoms with van der Waals surface area (Å²) in [4.78, 5) is 18.8. The van der Waals surface area contributed by atoms with Crippen LogP contribution < -0.4 is 0 Å². The highest BCUT2D eigenvalue weighted by Crippen LogP contribution is 2.12. The van der Waals surface area contributed by atoms with Gasteiger partial charge in [0.25, 0.3) is 5.91 Å². The highest BCUT2D eigenvalue weighted by atomic mass is 79.9. The lowest BCUT2D eigenvalue weighted by Crippen LogP contribution is -2.34. The van der Waals surface area contributed by atoms with Crippen LogP contribution in [-0.4, -0.2) is 28.9 Å². The number of aromatic nitrogens is 1. The largest absolute Gasteiger partial charge is 0.337 e. The number of hydrogen-bond donors (Lipinski definition) is 0. The maximum Gasteiger partial charge on any atom is 0.272 e. The van der Waals surface area contributed by atoms with Gasteiger partial charge in [-0.15, -0.1) is 0 Å². The van der Waals surface area contributed by atoms with Crippen LogP contribution >= 0.6 is 15.9 Å². The zero-order chi connectivity index (χ0) is 15.1. The lowest BCUT2D eigenvalue weighted by atomic mass is 10.1. The molecule has 0 unspecified atom stereocenters. The molecular weight excluding hydrogens is 316 g/mol. The van der Waals surface area contributed by atoms with Gasteiger partial charge in [-0.05, 0) is 52.7 Å². The van der Waals surface area contributed by atoms with Gasteiger partial charge in [0.05, 0.1) is 0 Å². The number of carbonyl (C=O) groups is 1. The minimum absolute atomic E-state index is 0.0348. The molecule has 0 bridgehead atoms. The molecular formula is C16H25BrN2O. The van der Waals surface area contributed by atoms with Gasteiger partial charge < -0.3 is 4.90 Å². The summed E-state index contributed by atoms with van der Waals surface area (Å²) in [6.07, 6.45) is 2.05. The molecule has 1 rings (SSSR count). The number of nitrogens with zero attached hydrogens (tertiary/aromatic N) is 2. The summed E-state index contributed by atoms with van der Waals surface area (Å²) in [7, 11) is 0. The molecule has 0 N–H and O–H groups in total. The van der Waals surface area contributed by atoms with Crippen LogP contribution in [0, 0.1) is 11.8 Å². The van der Waals surface area contributed by atoms with Crippen molar-refractivity contribution in [2.45, 2.75) is 40.5 Å². The molecule has 20 heavy (non-hydrogen) atoms. The summed E-state index contributed by atoms with van der Waals surface area (Å²) in [6.45, 7) is 10.3. The number of rotatable bonds is 7. The lowest BCUT2D eigenvalue weighted by Gasteiger charge is -2.24. The summed E-state index contributed by atoms with van der Waals surface area (Å²) < 4.78 is 0.705. The quantitative estimate of drug-likeness (QED) is 0.690. The van der Waals surface area contributed by atoms with E-state index in [0.29, 0.717) is 22.1 Å². The Morgan fingerprint density at radius 3 is 2.15 bits per heavy atom. The van der Waals surface area contributed by atoms with E-state index >= 15 is 0 Å². The monoisotopic (exact) mass is 340 g/mol. The molecule has 0 fully saturated rings. The second-order valence-electron chi connectivity index (χ2n) is 6.00. The van der Waals surface area contributed by atoms with E-state index in [9.17, 15) is 4.79 Å². The Morgan fingerprint density at radius 1 is 1.15 bits per heavy atom. The molecule has 3 nitrogen and oxygen atoms in total. The van der Waals surface area contributed by atoms with Gasteiger partial charge in [0.1, 0.15) is 10.3 Å². The molecule has 1 amide bonds. The molecule has 0 aliphatic carbocycles. The Labute approximate surface area is 130 Å². The van der Waals surface area contributed by atoms with Crippen LogP contribution in [0.15, 0.2) is 22.8 Å². The Bertz CT molecular complexity index is 420. The van der Waals surface area contributed by atoms with Gasteiger partial charge in [-0.25, -0.2) is 4.98 Å². The Hall–Kier alpha value is -0.900. The third kappa shape index (κ3) is 6.04. The van der Waals surface area contributed by atoms with Crippen molar-refractivity contribution in [1.82, 2.24) is 9.88 Å². The molecule has 0 saturated heterocycles. The lowest BCUT2D eigenvalue weighted by molar-refractivity contribution is 0.0734. The van der Waals surface area contributed by atoms with Crippen molar-refractivity contribution in [2.75, 3.05) is 13.1 Å². The second-order valence-corrected chi connectivity index (χ2v) is 6.82. The van der Waals surface area contributed by atoms with Gasteiger partial charge in [0.2, 0.25) is 0 Å². The summed E-state index contributed by atoms with van der Waals surface area (Å²) in [6, 6.07) is 5.47. The average Bonchev–Trinajstić information content (AvgIpc) is 2.37. The zero-order valence-corrected chi connectivity index (χ0v) is 14.5. The fraction of sp³-hybridized carbons (Fsp3) is 0.625. The van der Waals surface area contributed by atoms with E-state index in [1.54, 1.807) is 6.07 Å². The van der Waals surface area contributed by atoms with Crippen LogP contribution in [0.4, 0.5) is 0 Å². The normalized spacial score (nSPS) is 11.2. The topological polar surface area (TPSA) is 33.2 Å². The van der Waals surface area contributed by atoms with Crippen molar-refractivity contribution >= 4 is 21.8 Å². The smallest absolute Gasteiger partial charge is 0.272 e. The van der Waals surface area contributed by atoms with E-state index in [2.05, 4.69) is 48.6 Å². The van der Waals surface area contributed by atoms with E-state index in [1.807, 2.05) is 17.0 Å². The Morgan fingerprint density at radius 2 is 1.70 bits per heavy atom. The molecule has 1 aromatic heterocycles. The molecule has 0 aliphatic heterocycles. The maximum absolute atomic E-state index is 12.6. The molecule has 0 atom stereocenters. The molecule has 1 aromatic rings. The first-order valence-electron chi connectivity index (χ1n) is 7.32. The van der Waals surface area contributed by atoms with Crippen molar-refractivity contribution in [3.8, 4) is 0 Å². The van der Waals surface area contributed by atoms with E-state index in [0.717, 1.165) is 25.9 Å². The van der Waals surface area contributed by atoms with E-state index < -0.39 is 0 Å². The van der Waals surface area contributed by atoms with Gasteiger partial charge in [0, 0.05) is 13.1 Å². The van der Waals surface area contributed by atoms with Gasteiger partial charge in [0.15, 0.2) is 0 Å². The number of hydrogen-bond acceptors (Lipinski definition) is 2. The minimum Gasteiger partial charge on any atom is -0.337 e. The van der Waals surface area contributed by atoms with E-state index in [4.69, 9.17) is 0 Å². The van der Waals surface area contributed by atoms with Gasteiger partial charge in [-0.2, -0.15) is 0 Å². The maximum atomic E-state index is 12.6. The standard InChI is InChI=1S/C16H25BrN2O/c1-12(2)8-10-19(11-9-13(3)4)16(20)14-6-5-7-15(17)18-14/h5-7,12-13H,8-11H2,1-4H3. The third-order valence-electron chi connectivity index (χ3n) is 3.17. The summed E-state index contributed by atoms with van der Waals surface area (Å²) in [5.74, 6) is 1.23. The van der Waals surface area contributed by atoms with Gasteiger partial charge in [-0.1, -0.05) is 33.8 Å². The number of carbonyl (C=O) groups excluding carboxylic acids is 1. The molecule has 0 aromatic carbocycles. The number of pyridine rings is 1. The van der Waals surface area contributed by atoms with Crippen LogP contribution in [0.3, 0.4) is 0 Å². The molecule has 0 radical (unpaired) electrons. The second kappa shape index (κ2) is 8.40. The van der Waals surface area contributed by atoms with Crippen LogP contribution in [0.1, 0.15) is 51.0 Å². The summed E-state index contributed by atoms with van der Waals surface area (Å²) in [5, 5.41) is 0. The van der Waals surface area contributed by atoms with Crippen LogP contribution in [0.5, 0.6) is 0 Å². The average molecular weight is 341 g/mol. The summed E-state index contributed by atoms with van der Waals surface area (Å²) in [5.41, 5.74) is 0.520. The minimum atomic E-state index is 0.0348. The van der Waals surface area contributed by atoms with Crippen molar-refractivity contribution < 1.29 is 4.79 Å². The molecule has 4 heteroatoms. The SMILES string of the molecule is CC(C)CCN(CCC(C)C)C(=O)c1cccc(Br)n1. The molecule has 112 valence electrons. The van der Waals surface area contributed by atoms with Crippen molar-refractivity contribution in [3.05, 3.63) is 28.5 Å². The van der Waals surface area contributed by atoms with Crippen molar-refractivity contribution in [3.63, 3.8) is 0 Å². The predicted octanol–water partition coefficient (Wildman–Crippen LogP) is 4.38. The predicted molar refractivity (Wildman–Crippen MR) is 86.8 cm³/mol. The molecule has 0 saturated carbocycles. The van der Waals surface area contributed by atoms with Crippen LogP contribution in [0.25, 0.3) is 0 Å². The summed E-state index contributed by atoms with van der Waals surface area (Å²) >= 11 is 3.32. The number of halogens is 1. The third-order valence-corrected chi connectivity index (χ3v) is 3.62. The molecule has 0 spiro atoms. The number of amides is 1. The van der Waals surface area contributed by atoms with E-state index in [-0.39, 0.29) is 5.91 Å². The van der Waals surface area contributed by atoms with Gasteiger partial charge in [-0.3, -0.25) is 4.79 Å². The Kier molecular flexibility index (Phi) is 7.20.